The van der Waals surface area contributed by atoms with Gasteiger partial charge >= 0.3 is 0 Å². The molecule has 2 heterocycles. The Hall–Kier alpha value is -0.430. The molecule has 2 rings (SSSR count). The molecule has 96 valence electrons. The predicted octanol–water partition coefficient (Wildman–Crippen LogP) is 1.33. The van der Waals surface area contributed by atoms with Crippen LogP contribution < -0.4 is 5.73 Å². The number of aryl methyl sites for hydroxylation is 2. The maximum atomic E-state index is 12.4. The van der Waals surface area contributed by atoms with Crippen molar-refractivity contribution in [1.29, 1.82) is 0 Å². The van der Waals surface area contributed by atoms with E-state index in [1.807, 2.05) is 13.8 Å². The standard InChI is InChI=1S/C11H18N2O2S2/c1-8-5-11(9(2)16-8)17(14,15)13-4-3-10(6-12)7-13/h5,10H,3-4,6-7,12H2,1-2H3/t10-/m1/s1. The zero-order valence-corrected chi connectivity index (χ0v) is 11.8. The van der Waals surface area contributed by atoms with E-state index in [1.165, 1.54) is 11.3 Å². The summed E-state index contributed by atoms with van der Waals surface area (Å²) in [4.78, 5) is 2.38. The Morgan fingerprint density at radius 1 is 1.53 bits per heavy atom. The van der Waals surface area contributed by atoms with E-state index in [2.05, 4.69) is 0 Å². The molecule has 0 saturated carbocycles. The van der Waals surface area contributed by atoms with Gasteiger partial charge in [-0.15, -0.1) is 11.3 Å². The number of nitrogens with two attached hydrogens (primary N) is 1. The molecule has 0 aliphatic carbocycles. The molecule has 0 aromatic carbocycles. The fraction of sp³-hybridized carbons (Fsp3) is 0.636. The van der Waals surface area contributed by atoms with Crippen molar-refractivity contribution >= 4 is 21.4 Å². The summed E-state index contributed by atoms with van der Waals surface area (Å²) in [6.07, 6.45) is 0.873. The van der Waals surface area contributed by atoms with Crippen LogP contribution in [0.5, 0.6) is 0 Å². The maximum absolute atomic E-state index is 12.4. The first-order valence-electron chi connectivity index (χ1n) is 5.72. The zero-order chi connectivity index (χ0) is 12.6. The summed E-state index contributed by atoms with van der Waals surface area (Å²) in [5.41, 5.74) is 5.59. The predicted molar refractivity (Wildman–Crippen MR) is 69.7 cm³/mol. The van der Waals surface area contributed by atoms with Gasteiger partial charge in [-0.05, 0) is 38.8 Å². The summed E-state index contributed by atoms with van der Waals surface area (Å²) in [6.45, 7) is 5.52. The van der Waals surface area contributed by atoms with Crippen molar-refractivity contribution in [2.24, 2.45) is 11.7 Å². The molecule has 4 nitrogen and oxygen atoms in total. The van der Waals surface area contributed by atoms with Gasteiger partial charge in [-0.2, -0.15) is 4.31 Å². The average molecular weight is 274 g/mol. The van der Waals surface area contributed by atoms with E-state index in [0.717, 1.165) is 16.2 Å². The quantitative estimate of drug-likeness (QED) is 0.904. The SMILES string of the molecule is Cc1cc(S(=O)(=O)N2CC[C@H](CN)C2)c(C)s1. The minimum absolute atomic E-state index is 0.310. The van der Waals surface area contributed by atoms with Crippen molar-refractivity contribution in [2.45, 2.75) is 25.2 Å². The normalized spacial score (nSPS) is 22.2. The number of hydrogen-bond acceptors (Lipinski definition) is 4. The van der Waals surface area contributed by atoms with Gasteiger partial charge in [0, 0.05) is 22.8 Å². The van der Waals surface area contributed by atoms with Crippen LogP contribution in [0, 0.1) is 19.8 Å². The van der Waals surface area contributed by atoms with Crippen LogP contribution in [0.1, 0.15) is 16.2 Å². The van der Waals surface area contributed by atoms with Gasteiger partial charge < -0.3 is 5.73 Å². The molecule has 1 aromatic rings. The summed E-state index contributed by atoms with van der Waals surface area (Å²) >= 11 is 1.53. The highest BCUT2D eigenvalue weighted by molar-refractivity contribution is 7.89. The third-order valence-electron chi connectivity index (χ3n) is 3.20. The van der Waals surface area contributed by atoms with Gasteiger partial charge in [0.2, 0.25) is 10.0 Å². The van der Waals surface area contributed by atoms with Gasteiger partial charge in [0.1, 0.15) is 0 Å². The van der Waals surface area contributed by atoms with E-state index in [0.29, 0.717) is 30.4 Å². The molecule has 1 aromatic heterocycles. The molecule has 2 N–H and O–H groups in total. The van der Waals surface area contributed by atoms with Crippen LogP contribution in [0.2, 0.25) is 0 Å². The summed E-state index contributed by atoms with van der Waals surface area (Å²) in [5, 5.41) is 0. The highest BCUT2D eigenvalue weighted by Gasteiger charge is 2.33. The van der Waals surface area contributed by atoms with Crippen LogP contribution in [0.15, 0.2) is 11.0 Å². The van der Waals surface area contributed by atoms with E-state index < -0.39 is 10.0 Å². The van der Waals surface area contributed by atoms with Gasteiger partial charge in [-0.1, -0.05) is 0 Å². The maximum Gasteiger partial charge on any atom is 0.244 e. The Kier molecular flexibility index (Phi) is 3.58. The molecule has 1 atom stereocenters. The molecule has 1 aliphatic rings. The van der Waals surface area contributed by atoms with Crippen molar-refractivity contribution in [3.63, 3.8) is 0 Å². The first-order chi connectivity index (χ1) is 7.95. The van der Waals surface area contributed by atoms with Crippen LogP contribution in [0.3, 0.4) is 0 Å². The largest absolute Gasteiger partial charge is 0.330 e. The van der Waals surface area contributed by atoms with Crippen molar-refractivity contribution < 1.29 is 8.42 Å². The fourth-order valence-corrected chi connectivity index (χ4v) is 5.27. The Labute approximate surface area is 106 Å². The third-order valence-corrected chi connectivity index (χ3v) is 6.28. The van der Waals surface area contributed by atoms with Crippen LogP contribution in [0.4, 0.5) is 0 Å². The van der Waals surface area contributed by atoms with Crippen LogP contribution in [-0.4, -0.2) is 32.4 Å². The summed E-state index contributed by atoms with van der Waals surface area (Å²) in [6, 6.07) is 1.77. The Balaban J connectivity index is 2.28. The van der Waals surface area contributed by atoms with Crippen molar-refractivity contribution in [2.75, 3.05) is 19.6 Å². The Bertz CT molecular complexity index is 508. The fourth-order valence-electron chi connectivity index (χ4n) is 2.21. The zero-order valence-electron chi connectivity index (χ0n) is 10.1. The van der Waals surface area contributed by atoms with E-state index in [9.17, 15) is 8.42 Å². The summed E-state index contributed by atoms with van der Waals surface area (Å²) in [7, 11) is -3.30. The average Bonchev–Trinajstić information content (AvgIpc) is 2.85. The second kappa shape index (κ2) is 4.68. The smallest absolute Gasteiger partial charge is 0.244 e. The highest BCUT2D eigenvalue weighted by Crippen LogP contribution is 2.30. The molecule has 0 radical (unpaired) electrons. The van der Waals surface area contributed by atoms with E-state index >= 15 is 0 Å². The van der Waals surface area contributed by atoms with Crippen molar-refractivity contribution in [3.05, 3.63) is 15.8 Å². The van der Waals surface area contributed by atoms with Crippen LogP contribution in [-0.2, 0) is 10.0 Å². The first kappa shape index (κ1) is 13.0. The van der Waals surface area contributed by atoms with Gasteiger partial charge in [0.15, 0.2) is 0 Å². The first-order valence-corrected chi connectivity index (χ1v) is 7.98. The Morgan fingerprint density at radius 3 is 2.71 bits per heavy atom. The molecule has 0 spiro atoms. The molecule has 17 heavy (non-hydrogen) atoms. The second-order valence-corrected chi connectivity index (χ2v) is 7.90. The number of rotatable bonds is 3. The number of nitrogens with zero attached hydrogens (tertiary/aromatic N) is 1. The number of sulfonamides is 1. The monoisotopic (exact) mass is 274 g/mol. The summed E-state index contributed by atoms with van der Waals surface area (Å²) < 4.78 is 26.4. The van der Waals surface area contributed by atoms with E-state index in [1.54, 1.807) is 10.4 Å². The molecular formula is C11H18N2O2S2. The Morgan fingerprint density at radius 2 is 2.24 bits per heavy atom. The molecule has 1 fully saturated rings. The third kappa shape index (κ3) is 2.40. The van der Waals surface area contributed by atoms with Gasteiger partial charge in [0.05, 0.1) is 4.90 Å². The molecule has 0 unspecified atom stereocenters. The van der Waals surface area contributed by atoms with Crippen LogP contribution >= 0.6 is 11.3 Å². The van der Waals surface area contributed by atoms with Gasteiger partial charge in [-0.3, -0.25) is 0 Å². The molecular weight excluding hydrogens is 256 g/mol. The van der Waals surface area contributed by atoms with Crippen LogP contribution in [0.25, 0.3) is 0 Å². The minimum Gasteiger partial charge on any atom is -0.330 e. The topological polar surface area (TPSA) is 63.4 Å². The molecule has 0 amide bonds. The molecule has 6 heteroatoms. The van der Waals surface area contributed by atoms with Gasteiger partial charge in [-0.25, -0.2) is 8.42 Å². The van der Waals surface area contributed by atoms with E-state index in [-0.39, 0.29) is 0 Å². The molecule has 1 aliphatic heterocycles. The lowest BCUT2D eigenvalue weighted by Gasteiger charge is -2.16. The summed E-state index contributed by atoms with van der Waals surface area (Å²) in [5.74, 6) is 0.310. The molecule has 0 bridgehead atoms. The highest BCUT2D eigenvalue weighted by atomic mass is 32.2. The van der Waals surface area contributed by atoms with Crippen molar-refractivity contribution in [1.82, 2.24) is 4.31 Å². The second-order valence-electron chi connectivity index (χ2n) is 4.53. The lowest BCUT2D eigenvalue weighted by Crippen LogP contribution is -2.30. The van der Waals surface area contributed by atoms with Crippen molar-refractivity contribution in [3.8, 4) is 0 Å². The lowest BCUT2D eigenvalue weighted by atomic mass is 10.1. The minimum atomic E-state index is -3.30. The van der Waals surface area contributed by atoms with E-state index in [4.69, 9.17) is 5.73 Å². The van der Waals surface area contributed by atoms with Gasteiger partial charge in [0.25, 0.3) is 0 Å². The lowest BCUT2D eigenvalue weighted by molar-refractivity contribution is 0.459. The number of thiophene rings is 1. The molecule has 1 saturated heterocycles. The number of hydrogen-bond donors (Lipinski definition) is 1.